The summed E-state index contributed by atoms with van der Waals surface area (Å²) in [5, 5.41) is 6.78. The van der Waals surface area contributed by atoms with Crippen LogP contribution in [0.2, 0.25) is 0 Å². The molecule has 1 aromatic heterocycles. The summed E-state index contributed by atoms with van der Waals surface area (Å²) >= 11 is 1.72. The lowest BCUT2D eigenvalue weighted by Crippen LogP contribution is -2.33. The summed E-state index contributed by atoms with van der Waals surface area (Å²) in [6, 6.07) is 0.382. The van der Waals surface area contributed by atoms with Crippen LogP contribution in [0.25, 0.3) is 0 Å². The van der Waals surface area contributed by atoms with E-state index in [1.807, 2.05) is 11.6 Å². The van der Waals surface area contributed by atoms with E-state index in [1.165, 1.54) is 5.01 Å². The van der Waals surface area contributed by atoms with Gasteiger partial charge in [0.1, 0.15) is 5.01 Å². The highest BCUT2D eigenvalue weighted by molar-refractivity contribution is 7.09. The molecule has 0 aliphatic rings. The van der Waals surface area contributed by atoms with E-state index in [0.717, 1.165) is 19.5 Å². The molecule has 1 aromatic rings. The lowest BCUT2D eigenvalue weighted by atomic mass is 9.95. The molecule has 0 bridgehead atoms. The Kier molecular flexibility index (Phi) is 5.95. The van der Waals surface area contributed by atoms with Crippen LogP contribution in [-0.2, 0) is 0 Å². The summed E-state index contributed by atoms with van der Waals surface area (Å²) in [6.07, 6.45) is 2.94. The van der Waals surface area contributed by atoms with Gasteiger partial charge in [-0.3, -0.25) is 0 Å². The summed E-state index contributed by atoms with van der Waals surface area (Å²) in [5.74, 6) is 1.18. The summed E-state index contributed by atoms with van der Waals surface area (Å²) in [4.78, 5) is 4.36. The van der Waals surface area contributed by atoms with Crippen molar-refractivity contribution in [1.29, 1.82) is 0 Å². The molecular formula is C12H23N3S. The Morgan fingerprint density at radius 1 is 1.50 bits per heavy atom. The number of thiazole rings is 1. The number of hydrogen-bond donors (Lipinski definition) is 2. The lowest BCUT2D eigenvalue weighted by molar-refractivity contribution is 0.348. The minimum atomic E-state index is 0.382. The van der Waals surface area contributed by atoms with Crippen molar-refractivity contribution in [3.8, 4) is 0 Å². The van der Waals surface area contributed by atoms with Crippen LogP contribution in [0.3, 0.4) is 0 Å². The number of nitrogens with one attached hydrogen (secondary N) is 1. The van der Waals surface area contributed by atoms with E-state index in [9.17, 15) is 0 Å². The molecule has 1 rings (SSSR count). The summed E-state index contributed by atoms with van der Waals surface area (Å²) in [5.41, 5.74) is 5.77. The first-order chi connectivity index (χ1) is 7.69. The van der Waals surface area contributed by atoms with Crippen molar-refractivity contribution in [1.82, 2.24) is 10.3 Å². The second-order valence-corrected chi connectivity index (χ2v) is 5.41. The van der Waals surface area contributed by atoms with Gasteiger partial charge in [0.15, 0.2) is 0 Å². The third kappa shape index (κ3) is 3.85. The molecular weight excluding hydrogens is 218 g/mol. The molecule has 3 N–H and O–H groups in total. The van der Waals surface area contributed by atoms with Crippen LogP contribution in [-0.4, -0.2) is 18.1 Å². The standard InChI is InChI=1S/C12H23N3S/c1-4-11(12-14-5-6-16-12)15-8-10(7-13)9(2)3/h5-6,9-11,15H,4,7-8,13H2,1-3H3. The molecule has 0 spiro atoms. The smallest absolute Gasteiger partial charge is 0.109 e. The van der Waals surface area contributed by atoms with Gasteiger partial charge < -0.3 is 11.1 Å². The maximum absolute atomic E-state index is 5.77. The second kappa shape index (κ2) is 6.99. The lowest BCUT2D eigenvalue weighted by Gasteiger charge is -2.22. The SMILES string of the molecule is CCC(NCC(CN)C(C)C)c1nccs1. The fourth-order valence-electron chi connectivity index (χ4n) is 1.70. The normalized spacial score (nSPS) is 15.3. The molecule has 0 saturated heterocycles. The topological polar surface area (TPSA) is 50.9 Å². The number of hydrogen-bond acceptors (Lipinski definition) is 4. The average Bonchev–Trinajstić information content (AvgIpc) is 2.77. The highest BCUT2D eigenvalue weighted by Crippen LogP contribution is 2.19. The Labute approximate surface area is 102 Å². The second-order valence-electron chi connectivity index (χ2n) is 4.48. The van der Waals surface area contributed by atoms with E-state index in [-0.39, 0.29) is 0 Å². The first kappa shape index (κ1) is 13.6. The maximum Gasteiger partial charge on any atom is 0.109 e. The van der Waals surface area contributed by atoms with Gasteiger partial charge in [-0.2, -0.15) is 0 Å². The summed E-state index contributed by atoms with van der Waals surface area (Å²) in [7, 11) is 0. The Morgan fingerprint density at radius 3 is 2.69 bits per heavy atom. The molecule has 0 aliphatic heterocycles. The van der Waals surface area contributed by atoms with Crippen molar-refractivity contribution >= 4 is 11.3 Å². The first-order valence-corrected chi connectivity index (χ1v) is 6.89. The summed E-state index contributed by atoms with van der Waals surface area (Å²) < 4.78 is 0. The first-order valence-electron chi connectivity index (χ1n) is 6.01. The van der Waals surface area contributed by atoms with E-state index < -0.39 is 0 Å². The molecule has 0 fully saturated rings. The largest absolute Gasteiger partial charge is 0.330 e. The fourth-order valence-corrected chi connectivity index (χ4v) is 2.49. The van der Waals surface area contributed by atoms with Crippen molar-refractivity contribution in [2.75, 3.05) is 13.1 Å². The van der Waals surface area contributed by atoms with Gasteiger partial charge >= 0.3 is 0 Å². The van der Waals surface area contributed by atoms with Gasteiger partial charge in [0.05, 0.1) is 6.04 Å². The van der Waals surface area contributed by atoms with Gasteiger partial charge in [-0.1, -0.05) is 20.8 Å². The molecule has 1 heterocycles. The molecule has 0 aliphatic carbocycles. The molecule has 0 radical (unpaired) electrons. The van der Waals surface area contributed by atoms with Crippen LogP contribution >= 0.6 is 11.3 Å². The van der Waals surface area contributed by atoms with Crippen molar-refractivity contribution in [3.05, 3.63) is 16.6 Å². The quantitative estimate of drug-likeness (QED) is 0.771. The van der Waals surface area contributed by atoms with Crippen molar-refractivity contribution in [2.24, 2.45) is 17.6 Å². The van der Waals surface area contributed by atoms with Crippen LogP contribution in [0.15, 0.2) is 11.6 Å². The Hall–Kier alpha value is -0.450. The van der Waals surface area contributed by atoms with Crippen LogP contribution in [0, 0.1) is 11.8 Å². The van der Waals surface area contributed by atoms with Gasteiger partial charge in [0, 0.05) is 18.1 Å². The van der Waals surface area contributed by atoms with Crippen LogP contribution in [0.5, 0.6) is 0 Å². The minimum Gasteiger partial charge on any atom is -0.330 e. The van der Waals surface area contributed by atoms with Gasteiger partial charge in [0.25, 0.3) is 0 Å². The van der Waals surface area contributed by atoms with E-state index >= 15 is 0 Å². The van der Waals surface area contributed by atoms with Crippen LogP contribution in [0.1, 0.15) is 38.2 Å². The van der Waals surface area contributed by atoms with Crippen molar-refractivity contribution in [2.45, 2.75) is 33.2 Å². The molecule has 4 heteroatoms. The van der Waals surface area contributed by atoms with Gasteiger partial charge in [-0.25, -0.2) is 4.98 Å². The molecule has 3 nitrogen and oxygen atoms in total. The van der Waals surface area contributed by atoms with E-state index in [1.54, 1.807) is 11.3 Å². The molecule has 16 heavy (non-hydrogen) atoms. The number of rotatable bonds is 7. The van der Waals surface area contributed by atoms with E-state index in [2.05, 4.69) is 31.1 Å². The molecule has 92 valence electrons. The Balaban J connectivity index is 2.45. The van der Waals surface area contributed by atoms with Gasteiger partial charge in [-0.05, 0) is 24.8 Å². The van der Waals surface area contributed by atoms with E-state index in [0.29, 0.717) is 17.9 Å². The van der Waals surface area contributed by atoms with Crippen LogP contribution < -0.4 is 11.1 Å². The maximum atomic E-state index is 5.77. The fraction of sp³-hybridized carbons (Fsp3) is 0.750. The Morgan fingerprint density at radius 2 is 2.25 bits per heavy atom. The van der Waals surface area contributed by atoms with Crippen molar-refractivity contribution < 1.29 is 0 Å². The average molecular weight is 241 g/mol. The number of nitrogens with two attached hydrogens (primary N) is 1. The van der Waals surface area contributed by atoms with Crippen molar-refractivity contribution in [3.63, 3.8) is 0 Å². The molecule has 0 aromatic carbocycles. The molecule has 0 amide bonds. The minimum absolute atomic E-state index is 0.382. The molecule has 2 atom stereocenters. The monoisotopic (exact) mass is 241 g/mol. The number of nitrogens with zero attached hydrogens (tertiary/aromatic N) is 1. The predicted molar refractivity (Wildman–Crippen MR) is 70.5 cm³/mol. The Bertz CT molecular complexity index is 272. The van der Waals surface area contributed by atoms with E-state index in [4.69, 9.17) is 5.73 Å². The zero-order valence-electron chi connectivity index (χ0n) is 10.4. The van der Waals surface area contributed by atoms with Gasteiger partial charge in [-0.15, -0.1) is 11.3 Å². The molecule has 0 saturated carbocycles. The zero-order valence-corrected chi connectivity index (χ0v) is 11.3. The highest BCUT2D eigenvalue weighted by atomic mass is 32.1. The summed E-state index contributed by atoms with van der Waals surface area (Å²) in [6.45, 7) is 8.37. The van der Waals surface area contributed by atoms with Crippen LogP contribution in [0.4, 0.5) is 0 Å². The predicted octanol–water partition coefficient (Wildman–Crippen LogP) is 2.41. The third-order valence-electron chi connectivity index (χ3n) is 3.03. The molecule has 2 unspecified atom stereocenters. The van der Waals surface area contributed by atoms with Gasteiger partial charge in [0.2, 0.25) is 0 Å². The zero-order chi connectivity index (χ0) is 12.0. The third-order valence-corrected chi connectivity index (χ3v) is 3.92. The highest BCUT2D eigenvalue weighted by Gasteiger charge is 2.16. The number of aromatic nitrogens is 1.